The molecule has 1 aliphatic heterocycles. The van der Waals surface area contributed by atoms with E-state index in [-0.39, 0.29) is 12.1 Å². The fourth-order valence-corrected chi connectivity index (χ4v) is 2.98. The molecule has 0 radical (unpaired) electrons. The Morgan fingerprint density at radius 2 is 2.17 bits per heavy atom. The Labute approximate surface area is 142 Å². The third-order valence-electron chi connectivity index (χ3n) is 4.05. The molecule has 1 saturated heterocycles. The van der Waals surface area contributed by atoms with Gasteiger partial charge >= 0.3 is 6.09 Å². The Bertz CT molecular complexity index is 719. The lowest BCUT2D eigenvalue weighted by molar-refractivity contribution is -0.0318. The first-order valence-corrected chi connectivity index (χ1v) is 8.34. The highest BCUT2D eigenvalue weighted by molar-refractivity contribution is 5.82. The quantitative estimate of drug-likeness (QED) is 0.848. The summed E-state index contributed by atoms with van der Waals surface area (Å²) >= 11 is 0. The minimum atomic E-state index is -0.497. The van der Waals surface area contributed by atoms with Crippen LogP contribution in [0.1, 0.15) is 26.3 Å². The van der Waals surface area contributed by atoms with Gasteiger partial charge in [-0.25, -0.2) is 4.79 Å². The summed E-state index contributed by atoms with van der Waals surface area (Å²) in [6.07, 6.45) is 2.25. The highest BCUT2D eigenvalue weighted by atomic mass is 16.6. The lowest BCUT2D eigenvalue weighted by atomic mass is 10.00. The molecule has 2 aromatic rings. The summed E-state index contributed by atoms with van der Waals surface area (Å²) in [5.41, 5.74) is 1.64. The predicted molar refractivity (Wildman–Crippen MR) is 93.0 cm³/mol. The number of amides is 1. The van der Waals surface area contributed by atoms with E-state index in [0.717, 1.165) is 17.3 Å². The first kappa shape index (κ1) is 16.7. The van der Waals surface area contributed by atoms with E-state index >= 15 is 0 Å². The first-order chi connectivity index (χ1) is 11.4. The Kier molecular flexibility index (Phi) is 4.71. The SMILES string of the molecule is CC(C)(C)OC(=O)N1CCOCC1Cc1cccc2ncccc12. The van der Waals surface area contributed by atoms with Gasteiger partial charge < -0.3 is 14.4 Å². The highest BCUT2D eigenvalue weighted by Gasteiger charge is 2.31. The molecule has 1 aliphatic rings. The number of hydrogen-bond acceptors (Lipinski definition) is 4. The van der Waals surface area contributed by atoms with Crippen LogP contribution in [0.2, 0.25) is 0 Å². The van der Waals surface area contributed by atoms with E-state index in [4.69, 9.17) is 9.47 Å². The molecule has 1 amide bonds. The number of carbonyl (C=O) groups is 1. The van der Waals surface area contributed by atoms with Crippen molar-refractivity contribution in [3.05, 3.63) is 42.1 Å². The number of ether oxygens (including phenoxy) is 2. The lowest BCUT2D eigenvalue weighted by Gasteiger charge is -2.36. The van der Waals surface area contributed by atoms with Crippen LogP contribution in [0.3, 0.4) is 0 Å². The minimum absolute atomic E-state index is 0.0283. The Hall–Kier alpha value is -2.14. The molecule has 5 heteroatoms. The second-order valence-electron chi connectivity index (χ2n) is 7.09. The lowest BCUT2D eigenvalue weighted by Crippen LogP contribution is -2.51. The highest BCUT2D eigenvalue weighted by Crippen LogP contribution is 2.22. The second kappa shape index (κ2) is 6.77. The van der Waals surface area contributed by atoms with Crippen LogP contribution in [0, 0.1) is 0 Å². The van der Waals surface area contributed by atoms with Gasteiger partial charge in [0.25, 0.3) is 0 Å². The van der Waals surface area contributed by atoms with Crippen molar-refractivity contribution in [2.45, 2.75) is 38.8 Å². The van der Waals surface area contributed by atoms with Gasteiger partial charge in [-0.1, -0.05) is 18.2 Å². The number of rotatable bonds is 2. The molecule has 1 fully saturated rings. The number of aromatic nitrogens is 1. The van der Waals surface area contributed by atoms with Crippen LogP contribution < -0.4 is 0 Å². The van der Waals surface area contributed by atoms with Crippen molar-refractivity contribution in [2.24, 2.45) is 0 Å². The van der Waals surface area contributed by atoms with Crippen LogP contribution in [-0.4, -0.2) is 47.4 Å². The second-order valence-corrected chi connectivity index (χ2v) is 7.09. The Balaban J connectivity index is 1.82. The van der Waals surface area contributed by atoms with Gasteiger partial charge in [-0.15, -0.1) is 0 Å². The molecule has 24 heavy (non-hydrogen) atoms. The van der Waals surface area contributed by atoms with E-state index in [2.05, 4.69) is 17.1 Å². The summed E-state index contributed by atoms with van der Waals surface area (Å²) in [6.45, 7) is 7.29. The van der Waals surface area contributed by atoms with E-state index in [1.54, 1.807) is 11.1 Å². The monoisotopic (exact) mass is 328 g/mol. The van der Waals surface area contributed by atoms with E-state index < -0.39 is 5.60 Å². The third-order valence-corrected chi connectivity index (χ3v) is 4.05. The molecule has 1 unspecified atom stereocenters. The zero-order valence-electron chi connectivity index (χ0n) is 14.5. The van der Waals surface area contributed by atoms with Crippen LogP contribution in [-0.2, 0) is 15.9 Å². The standard InChI is InChI=1S/C19H24N2O3/c1-19(2,3)24-18(22)21-10-11-23-13-15(21)12-14-6-4-8-17-16(14)7-5-9-20-17/h4-9,15H,10-13H2,1-3H3. The summed E-state index contributed by atoms with van der Waals surface area (Å²) in [7, 11) is 0. The van der Waals surface area contributed by atoms with E-state index in [0.29, 0.717) is 19.8 Å². The number of pyridine rings is 1. The van der Waals surface area contributed by atoms with Crippen molar-refractivity contribution in [3.63, 3.8) is 0 Å². The summed E-state index contributed by atoms with van der Waals surface area (Å²) in [5.74, 6) is 0. The molecule has 3 rings (SSSR count). The van der Waals surface area contributed by atoms with Crippen LogP contribution in [0.5, 0.6) is 0 Å². The van der Waals surface area contributed by atoms with Gasteiger partial charge in [0.15, 0.2) is 0 Å². The zero-order valence-corrected chi connectivity index (χ0v) is 14.5. The summed E-state index contributed by atoms with van der Waals surface area (Å²) in [5, 5.41) is 1.12. The van der Waals surface area contributed by atoms with Crippen LogP contribution in [0.25, 0.3) is 10.9 Å². The topological polar surface area (TPSA) is 51.7 Å². The number of nitrogens with zero attached hydrogens (tertiary/aromatic N) is 2. The third kappa shape index (κ3) is 3.85. The molecule has 1 aromatic carbocycles. The van der Waals surface area contributed by atoms with Crippen molar-refractivity contribution in [3.8, 4) is 0 Å². The molecule has 5 nitrogen and oxygen atoms in total. The van der Waals surface area contributed by atoms with Crippen molar-refractivity contribution >= 4 is 17.0 Å². The summed E-state index contributed by atoms with van der Waals surface area (Å²) in [4.78, 5) is 18.7. The van der Waals surface area contributed by atoms with Crippen LogP contribution in [0.15, 0.2) is 36.5 Å². The molecule has 0 bridgehead atoms. The van der Waals surface area contributed by atoms with Gasteiger partial charge in [0, 0.05) is 18.1 Å². The number of benzene rings is 1. The number of hydrogen-bond donors (Lipinski definition) is 0. The van der Waals surface area contributed by atoms with Gasteiger partial charge in [0.05, 0.1) is 24.8 Å². The molecular weight excluding hydrogens is 304 g/mol. The van der Waals surface area contributed by atoms with Gasteiger partial charge in [0.2, 0.25) is 0 Å². The minimum Gasteiger partial charge on any atom is -0.444 e. The largest absolute Gasteiger partial charge is 0.444 e. The fraction of sp³-hybridized carbons (Fsp3) is 0.474. The maximum Gasteiger partial charge on any atom is 0.410 e. The molecule has 0 saturated carbocycles. The van der Waals surface area contributed by atoms with Crippen LogP contribution in [0.4, 0.5) is 4.79 Å². The first-order valence-electron chi connectivity index (χ1n) is 8.34. The molecular formula is C19H24N2O3. The zero-order chi connectivity index (χ0) is 17.2. The Morgan fingerprint density at radius 1 is 1.33 bits per heavy atom. The molecule has 2 heterocycles. The van der Waals surface area contributed by atoms with Crippen molar-refractivity contribution in [2.75, 3.05) is 19.8 Å². The van der Waals surface area contributed by atoms with E-state index in [1.807, 2.05) is 39.0 Å². The molecule has 0 spiro atoms. The maximum atomic E-state index is 12.5. The number of morpholine rings is 1. The average Bonchev–Trinajstić information content (AvgIpc) is 2.54. The molecule has 0 aliphatic carbocycles. The summed E-state index contributed by atoms with van der Waals surface area (Å²) < 4.78 is 11.2. The number of fused-ring (bicyclic) bond motifs is 1. The smallest absolute Gasteiger partial charge is 0.410 e. The van der Waals surface area contributed by atoms with Crippen LogP contribution >= 0.6 is 0 Å². The average molecular weight is 328 g/mol. The van der Waals surface area contributed by atoms with Gasteiger partial charge in [0.1, 0.15) is 5.60 Å². The molecule has 0 N–H and O–H groups in total. The van der Waals surface area contributed by atoms with Gasteiger partial charge in [-0.3, -0.25) is 4.98 Å². The molecule has 1 atom stereocenters. The molecule has 128 valence electrons. The van der Waals surface area contributed by atoms with Crippen molar-refractivity contribution in [1.82, 2.24) is 9.88 Å². The van der Waals surface area contributed by atoms with Gasteiger partial charge in [-0.05, 0) is 44.9 Å². The van der Waals surface area contributed by atoms with Crippen molar-refractivity contribution in [1.29, 1.82) is 0 Å². The summed E-state index contributed by atoms with van der Waals surface area (Å²) in [6, 6.07) is 10.1. The fourth-order valence-electron chi connectivity index (χ4n) is 2.98. The normalized spacial score (nSPS) is 18.6. The predicted octanol–water partition coefficient (Wildman–Crippen LogP) is 3.41. The number of carbonyl (C=O) groups excluding carboxylic acids is 1. The maximum absolute atomic E-state index is 12.5. The van der Waals surface area contributed by atoms with E-state index in [9.17, 15) is 4.79 Å². The van der Waals surface area contributed by atoms with Crippen molar-refractivity contribution < 1.29 is 14.3 Å². The molecule has 1 aromatic heterocycles. The van der Waals surface area contributed by atoms with Gasteiger partial charge in [-0.2, -0.15) is 0 Å². The van der Waals surface area contributed by atoms with E-state index in [1.165, 1.54) is 5.56 Å². The Morgan fingerprint density at radius 3 is 2.96 bits per heavy atom.